The van der Waals surface area contributed by atoms with Gasteiger partial charge in [-0.25, -0.2) is 10.2 Å². The molecule has 0 aliphatic carbocycles. The van der Waals surface area contributed by atoms with Gasteiger partial charge in [-0.2, -0.15) is 5.10 Å². The van der Waals surface area contributed by atoms with Crippen molar-refractivity contribution in [2.75, 3.05) is 25.5 Å². The molecular formula is C19H22ClN5O2. The van der Waals surface area contributed by atoms with Crippen LogP contribution < -0.4 is 21.0 Å². The number of hydrazone groups is 1. The number of halogens is 1. The highest BCUT2D eigenvalue weighted by atomic mass is 35.5. The second-order valence-electron chi connectivity index (χ2n) is 5.92. The van der Waals surface area contributed by atoms with Gasteiger partial charge in [-0.15, -0.1) is 0 Å². The van der Waals surface area contributed by atoms with Crippen molar-refractivity contribution in [3.63, 3.8) is 0 Å². The number of urea groups is 1. The average molecular weight is 388 g/mol. The third kappa shape index (κ3) is 6.99. The van der Waals surface area contributed by atoms with Gasteiger partial charge in [-0.1, -0.05) is 41.9 Å². The number of carbonyl (C=O) groups excluding carboxylic acids is 2. The molecule has 2 aromatic carbocycles. The van der Waals surface area contributed by atoms with Gasteiger partial charge in [0.25, 0.3) is 5.91 Å². The standard InChI is InChI=1S/C19H22ClN5O2/c1-25(2)16-9-8-15(17(20)10-16)12-23-24-18(26)13-22-19(27)21-11-14-6-4-3-5-7-14/h3-10,12H,11,13H2,1-2H3,(H,24,26)(H2,21,22,27)/b23-12+. The molecule has 0 aliphatic rings. The van der Waals surface area contributed by atoms with Gasteiger partial charge in [0.1, 0.15) is 6.54 Å². The highest BCUT2D eigenvalue weighted by Gasteiger charge is 2.05. The van der Waals surface area contributed by atoms with Gasteiger partial charge in [0.2, 0.25) is 0 Å². The highest BCUT2D eigenvalue weighted by molar-refractivity contribution is 6.33. The molecule has 0 bridgehead atoms. The third-order valence-electron chi connectivity index (χ3n) is 3.60. The van der Waals surface area contributed by atoms with Crippen LogP contribution in [0.2, 0.25) is 5.02 Å². The minimum absolute atomic E-state index is 0.189. The Balaban J connectivity index is 1.72. The van der Waals surface area contributed by atoms with E-state index in [0.717, 1.165) is 11.3 Å². The van der Waals surface area contributed by atoms with E-state index < -0.39 is 11.9 Å². The second-order valence-corrected chi connectivity index (χ2v) is 6.32. The minimum atomic E-state index is -0.442. The number of carbonyl (C=O) groups is 2. The predicted octanol–water partition coefficient (Wildman–Crippen LogP) is 2.36. The maximum atomic E-state index is 11.7. The summed E-state index contributed by atoms with van der Waals surface area (Å²) < 4.78 is 0. The van der Waals surface area contributed by atoms with Crippen molar-refractivity contribution in [3.8, 4) is 0 Å². The van der Waals surface area contributed by atoms with Crippen molar-refractivity contribution in [1.29, 1.82) is 0 Å². The molecule has 0 saturated heterocycles. The Morgan fingerprint density at radius 3 is 2.52 bits per heavy atom. The molecule has 8 heteroatoms. The average Bonchev–Trinajstić information content (AvgIpc) is 2.66. The van der Waals surface area contributed by atoms with E-state index in [-0.39, 0.29) is 6.54 Å². The summed E-state index contributed by atoms with van der Waals surface area (Å²) in [5, 5.41) is 9.51. The van der Waals surface area contributed by atoms with E-state index in [9.17, 15) is 9.59 Å². The first kappa shape index (κ1) is 20.3. The largest absolute Gasteiger partial charge is 0.378 e. The van der Waals surface area contributed by atoms with E-state index >= 15 is 0 Å². The Morgan fingerprint density at radius 1 is 1.11 bits per heavy atom. The number of nitrogens with one attached hydrogen (secondary N) is 3. The first-order valence-electron chi connectivity index (χ1n) is 8.30. The fraction of sp³-hybridized carbons (Fsp3) is 0.211. The quantitative estimate of drug-likeness (QED) is 0.503. The first-order valence-corrected chi connectivity index (χ1v) is 8.68. The summed E-state index contributed by atoms with van der Waals surface area (Å²) in [6, 6.07) is 14.6. The Morgan fingerprint density at radius 2 is 1.85 bits per heavy atom. The van der Waals surface area contributed by atoms with E-state index in [1.54, 1.807) is 0 Å². The molecule has 0 spiro atoms. The Hall–Kier alpha value is -3.06. The number of benzene rings is 2. The van der Waals surface area contributed by atoms with E-state index in [1.807, 2.05) is 67.5 Å². The zero-order valence-corrected chi connectivity index (χ0v) is 16.0. The van der Waals surface area contributed by atoms with Gasteiger partial charge in [0.15, 0.2) is 0 Å². The van der Waals surface area contributed by atoms with E-state index in [1.165, 1.54) is 6.21 Å². The Labute approximate surface area is 163 Å². The Kier molecular flexibility index (Phi) is 7.63. The minimum Gasteiger partial charge on any atom is -0.378 e. The molecule has 27 heavy (non-hydrogen) atoms. The Bertz CT molecular complexity index is 809. The molecule has 0 heterocycles. The van der Waals surface area contributed by atoms with Gasteiger partial charge < -0.3 is 15.5 Å². The fourth-order valence-electron chi connectivity index (χ4n) is 2.11. The van der Waals surface area contributed by atoms with Crippen molar-refractivity contribution in [3.05, 3.63) is 64.7 Å². The van der Waals surface area contributed by atoms with Gasteiger partial charge >= 0.3 is 6.03 Å². The van der Waals surface area contributed by atoms with Crippen molar-refractivity contribution >= 4 is 35.4 Å². The number of anilines is 1. The fourth-order valence-corrected chi connectivity index (χ4v) is 2.34. The highest BCUT2D eigenvalue weighted by Crippen LogP contribution is 2.21. The normalized spacial score (nSPS) is 10.5. The maximum Gasteiger partial charge on any atom is 0.315 e. The molecule has 7 nitrogen and oxygen atoms in total. The molecule has 0 fully saturated rings. The van der Waals surface area contributed by atoms with Gasteiger partial charge in [0, 0.05) is 31.9 Å². The van der Waals surface area contributed by atoms with Crippen molar-refractivity contribution in [2.24, 2.45) is 5.10 Å². The summed E-state index contributed by atoms with van der Waals surface area (Å²) in [6.45, 7) is 0.194. The number of amides is 3. The molecule has 3 N–H and O–H groups in total. The summed E-state index contributed by atoms with van der Waals surface area (Å²) >= 11 is 6.18. The molecule has 0 atom stereocenters. The lowest BCUT2D eigenvalue weighted by molar-refractivity contribution is -0.120. The van der Waals surface area contributed by atoms with Crippen molar-refractivity contribution in [1.82, 2.24) is 16.1 Å². The summed E-state index contributed by atoms with van der Waals surface area (Å²) in [4.78, 5) is 25.4. The predicted molar refractivity (Wildman–Crippen MR) is 108 cm³/mol. The smallest absolute Gasteiger partial charge is 0.315 e. The molecule has 0 aromatic heterocycles. The summed E-state index contributed by atoms with van der Waals surface area (Å²) in [6.07, 6.45) is 1.45. The maximum absolute atomic E-state index is 11.7. The monoisotopic (exact) mass is 387 g/mol. The third-order valence-corrected chi connectivity index (χ3v) is 3.93. The van der Waals surface area contributed by atoms with Gasteiger partial charge in [-0.05, 0) is 23.8 Å². The van der Waals surface area contributed by atoms with Crippen LogP contribution in [-0.2, 0) is 11.3 Å². The zero-order valence-electron chi connectivity index (χ0n) is 15.2. The molecule has 0 radical (unpaired) electrons. The number of nitrogens with zero attached hydrogens (tertiary/aromatic N) is 2. The van der Waals surface area contributed by atoms with Crippen molar-refractivity contribution < 1.29 is 9.59 Å². The topological polar surface area (TPSA) is 85.8 Å². The van der Waals surface area contributed by atoms with Crippen molar-refractivity contribution in [2.45, 2.75) is 6.54 Å². The lowest BCUT2D eigenvalue weighted by Gasteiger charge is -2.13. The van der Waals surface area contributed by atoms with Crippen LogP contribution in [0.4, 0.5) is 10.5 Å². The zero-order chi connectivity index (χ0) is 19.6. The number of rotatable bonds is 7. The van der Waals surface area contributed by atoms with Crippen LogP contribution in [0.3, 0.4) is 0 Å². The number of hydrogen-bond acceptors (Lipinski definition) is 4. The molecule has 0 unspecified atom stereocenters. The van der Waals surface area contributed by atoms with Gasteiger partial charge in [-0.3, -0.25) is 4.79 Å². The van der Waals surface area contributed by atoms with E-state index in [4.69, 9.17) is 11.6 Å². The SMILES string of the molecule is CN(C)c1ccc(/C=N/NC(=O)CNC(=O)NCc2ccccc2)c(Cl)c1. The van der Waals surface area contributed by atoms with Crippen LogP contribution in [0.25, 0.3) is 0 Å². The van der Waals surface area contributed by atoms with Crippen LogP contribution in [0, 0.1) is 0 Å². The summed E-state index contributed by atoms with van der Waals surface area (Å²) in [5.74, 6) is -0.442. The van der Waals surface area contributed by atoms with Crippen LogP contribution in [0.1, 0.15) is 11.1 Å². The summed E-state index contributed by atoms with van der Waals surface area (Å²) in [5.41, 5.74) is 4.96. The molecule has 2 aromatic rings. The molecule has 3 amide bonds. The molecule has 0 saturated carbocycles. The lowest BCUT2D eigenvalue weighted by atomic mass is 10.2. The van der Waals surface area contributed by atoms with E-state index in [0.29, 0.717) is 17.1 Å². The molecule has 142 valence electrons. The second kappa shape index (κ2) is 10.2. The molecular weight excluding hydrogens is 366 g/mol. The molecule has 2 rings (SSSR count). The van der Waals surface area contributed by atoms with Crippen LogP contribution in [0.5, 0.6) is 0 Å². The van der Waals surface area contributed by atoms with Gasteiger partial charge in [0.05, 0.1) is 11.2 Å². The molecule has 0 aliphatic heterocycles. The van der Waals surface area contributed by atoms with Crippen LogP contribution in [-0.4, -0.2) is 38.8 Å². The van der Waals surface area contributed by atoms with Crippen LogP contribution in [0.15, 0.2) is 53.6 Å². The first-order chi connectivity index (χ1) is 13.0. The summed E-state index contributed by atoms with van der Waals surface area (Å²) in [7, 11) is 3.84. The van der Waals surface area contributed by atoms with E-state index in [2.05, 4.69) is 21.2 Å². The van der Waals surface area contributed by atoms with Crippen LogP contribution >= 0.6 is 11.6 Å². The number of hydrogen-bond donors (Lipinski definition) is 3. The lowest BCUT2D eigenvalue weighted by Crippen LogP contribution is -2.40.